The Labute approximate surface area is 192 Å². The number of nitrogens with zero attached hydrogens (tertiary/aromatic N) is 2. The van der Waals surface area contributed by atoms with Crippen molar-refractivity contribution in [1.29, 1.82) is 0 Å². The van der Waals surface area contributed by atoms with E-state index in [1.54, 1.807) is 0 Å². The molecular formula is C24H22BrN3O2S. The minimum Gasteiger partial charge on any atom is -0.325 e. The number of thiophene rings is 1. The highest BCUT2D eigenvalue weighted by atomic mass is 79.9. The molecule has 4 aromatic rings. The zero-order valence-electron chi connectivity index (χ0n) is 17.5. The summed E-state index contributed by atoms with van der Waals surface area (Å²) >= 11 is 4.94. The van der Waals surface area contributed by atoms with E-state index in [2.05, 4.69) is 40.1 Å². The van der Waals surface area contributed by atoms with Gasteiger partial charge in [-0.2, -0.15) is 0 Å². The quantitative estimate of drug-likeness (QED) is 0.371. The standard InChI is InChI=1S/C24H22BrN3O2S/c1-14(2)16-6-10-19(11-7-16)27-20(29)12-28-13-26-23-22(24(28)30)21(15(3)31-23)17-4-8-18(25)9-5-17/h4-11,13-14H,12H2,1-3H3,(H,27,29). The Kier molecular flexibility index (Phi) is 6.07. The van der Waals surface area contributed by atoms with E-state index < -0.39 is 0 Å². The number of nitrogens with one attached hydrogen (secondary N) is 1. The number of rotatable bonds is 5. The van der Waals surface area contributed by atoms with Gasteiger partial charge in [-0.1, -0.05) is 54.0 Å². The fraction of sp³-hybridized carbons (Fsp3) is 0.208. The molecule has 0 aliphatic rings. The lowest BCUT2D eigenvalue weighted by atomic mass is 10.0. The van der Waals surface area contributed by atoms with Gasteiger partial charge < -0.3 is 5.32 Å². The summed E-state index contributed by atoms with van der Waals surface area (Å²) in [5.41, 5.74) is 3.54. The lowest BCUT2D eigenvalue weighted by Gasteiger charge is -2.10. The molecule has 0 aliphatic heterocycles. The Hall–Kier alpha value is -2.77. The monoisotopic (exact) mass is 495 g/mol. The number of carbonyl (C=O) groups excluding carboxylic acids is 1. The van der Waals surface area contributed by atoms with Crippen molar-refractivity contribution in [3.63, 3.8) is 0 Å². The molecule has 4 rings (SSSR count). The predicted octanol–water partition coefficient (Wildman–Crippen LogP) is 5.96. The van der Waals surface area contributed by atoms with Crippen molar-refractivity contribution in [2.24, 2.45) is 0 Å². The molecule has 31 heavy (non-hydrogen) atoms. The molecule has 7 heteroatoms. The summed E-state index contributed by atoms with van der Waals surface area (Å²) in [5, 5.41) is 3.42. The number of amides is 1. The fourth-order valence-corrected chi connectivity index (χ4v) is 4.79. The third kappa shape index (κ3) is 4.48. The molecule has 1 N–H and O–H groups in total. The number of fused-ring (bicyclic) bond motifs is 1. The molecule has 2 aromatic heterocycles. The Bertz CT molecular complexity index is 1310. The van der Waals surface area contributed by atoms with E-state index >= 15 is 0 Å². The van der Waals surface area contributed by atoms with Crippen LogP contribution < -0.4 is 10.9 Å². The maximum Gasteiger partial charge on any atom is 0.263 e. The summed E-state index contributed by atoms with van der Waals surface area (Å²) in [5.74, 6) is 0.160. The van der Waals surface area contributed by atoms with Crippen molar-refractivity contribution in [2.75, 3.05) is 5.32 Å². The zero-order valence-corrected chi connectivity index (χ0v) is 19.9. The number of anilines is 1. The topological polar surface area (TPSA) is 64.0 Å². The third-order valence-corrected chi connectivity index (χ3v) is 6.70. The molecule has 2 aromatic carbocycles. The van der Waals surface area contributed by atoms with Crippen molar-refractivity contribution in [3.05, 3.63) is 80.1 Å². The van der Waals surface area contributed by atoms with Gasteiger partial charge in [0.2, 0.25) is 5.91 Å². The second-order valence-corrected chi connectivity index (χ2v) is 9.84. The van der Waals surface area contributed by atoms with Gasteiger partial charge in [0.05, 0.1) is 11.7 Å². The average Bonchev–Trinajstić information content (AvgIpc) is 3.08. The van der Waals surface area contributed by atoms with Crippen LogP contribution in [0.3, 0.4) is 0 Å². The van der Waals surface area contributed by atoms with Gasteiger partial charge in [-0.25, -0.2) is 4.98 Å². The summed E-state index contributed by atoms with van der Waals surface area (Å²) in [6.07, 6.45) is 1.45. The highest BCUT2D eigenvalue weighted by molar-refractivity contribution is 9.10. The van der Waals surface area contributed by atoms with E-state index in [9.17, 15) is 9.59 Å². The Morgan fingerprint density at radius 3 is 2.45 bits per heavy atom. The van der Waals surface area contributed by atoms with Crippen LogP contribution in [0.5, 0.6) is 0 Å². The third-order valence-electron chi connectivity index (χ3n) is 5.16. The first kappa shape index (κ1) is 21.5. The zero-order chi connectivity index (χ0) is 22.1. The van der Waals surface area contributed by atoms with Crippen LogP contribution in [0.2, 0.25) is 0 Å². The summed E-state index contributed by atoms with van der Waals surface area (Å²) in [4.78, 5) is 32.0. The van der Waals surface area contributed by atoms with Gasteiger partial charge in [-0.05, 0) is 48.2 Å². The molecular weight excluding hydrogens is 474 g/mol. The smallest absolute Gasteiger partial charge is 0.263 e. The fourth-order valence-electron chi connectivity index (χ4n) is 3.52. The minimum absolute atomic E-state index is 0.0949. The van der Waals surface area contributed by atoms with Crippen molar-refractivity contribution in [1.82, 2.24) is 9.55 Å². The Morgan fingerprint density at radius 2 is 1.81 bits per heavy atom. The Balaban J connectivity index is 1.63. The van der Waals surface area contributed by atoms with Crippen LogP contribution in [0.4, 0.5) is 5.69 Å². The molecule has 5 nitrogen and oxygen atoms in total. The Morgan fingerprint density at radius 1 is 1.13 bits per heavy atom. The van der Waals surface area contributed by atoms with Gasteiger partial charge in [0, 0.05) is 20.6 Å². The molecule has 0 aliphatic carbocycles. The second kappa shape index (κ2) is 8.77. The number of hydrogen-bond acceptors (Lipinski definition) is 4. The van der Waals surface area contributed by atoms with Crippen LogP contribution >= 0.6 is 27.3 Å². The number of halogens is 1. The van der Waals surface area contributed by atoms with Crippen LogP contribution in [0.25, 0.3) is 21.3 Å². The van der Waals surface area contributed by atoms with Gasteiger partial charge in [0.25, 0.3) is 5.56 Å². The molecule has 0 fully saturated rings. The lowest BCUT2D eigenvalue weighted by molar-refractivity contribution is -0.116. The number of hydrogen-bond donors (Lipinski definition) is 1. The first-order chi connectivity index (χ1) is 14.8. The summed E-state index contributed by atoms with van der Waals surface area (Å²) in [7, 11) is 0. The van der Waals surface area contributed by atoms with E-state index in [0.29, 0.717) is 21.8 Å². The van der Waals surface area contributed by atoms with Crippen LogP contribution in [0.15, 0.2) is 64.1 Å². The number of aryl methyl sites for hydroxylation is 1. The molecule has 0 saturated heterocycles. The highest BCUT2D eigenvalue weighted by Gasteiger charge is 2.18. The van der Waals surface area contributed by atoms with Crippen LogP contribution in [-0.2, 0) is 11.3 Å². The average molecular weight is 496 g/mol. The van der Waals surface area contributed by atoms with E-state index in [1.807, 2.05) is 55.5 Å². The van der Waals surface area contributed by atoms with E-state index in [0.717, 1.165) is 20.5 Å². The number of carbonyl (C=O) groups is 1. The van der Waals surface area contributed by atoms with E-state index in [-0.39, 0.29) is 18.0 Å². The van der Waals surface area contributed by atoms with Gasteiger partial charge >= 0.3 is 0 Å². The second-order valence-electron chi connectivity index (χ2n) is 7.72. The first-order valence-corrected chi connectivity index (χ1v) is 11.6. The molecule has 0 radical (unpaired) electrons. The van der Waals surface area contributed by atoms with Crippen molar-refractivity contribution < 1.29 is 4.79 Å². The number of aromatic nitrogens is 2. The maximum atomic E-state index is 13.3. The molecule has 0 spiro atoms. The molecule has 0 bridgehead atoms. The van der Waals surface area contributed by atoms with Crippen molar-refractivity contribution in [2.45, 2.75) is 33.2 Å². The first-order valence-electron chi connectivity index (χ1n) is 9.97. The number of benzene rings is 2. The molecule has 1 amide bonds. The van der Waals surface area contributed by atoms with Crippen molar-refractivity contribution >= 4 is 49.1 Å². The maximum absolute atomic E-state index is 13.3. The molecule has 158 valence electrons. The molecule has 2 heterocycles. The van der Waals surface area contributed by atoms with E-state index in [4.69, 9.17) is 0 Å². The van der Waals surface area contributed by atoms with Gasteiger partial charge in [0.1, 0.15) is 11.4 Å². The summed E-state index contributed by atoms with van der Waals surface area (Å²) in [6, 6.07) is 15.6. The van der Waals surface area contributed by atoms with Crippen LogP contribution in [0.1, 0.15) is 30.2 Å². The molecule has 0 unspecified atom stereocenters. The summed E-state index contributed by atoms with van der Waals surface area (Å²) < 4.78 is 2.34. The SMILES string of the molecule is Cc1sc2ncn(CC(=O)Nc3ccc(C(C)C)cc3)c(=O)c2c1-c1ccc(Br)cc1. The minimum atomic E-state index is -0.266. The van der Waals surface area contributed by atoms with E-state index in [1.165, 1.54) is 27.8 Å². The van der Waals surface area contributed by atoms with Crippen molar-refractivity contribution in [3.8, 4) is 11.1 Å². The van der Waals surface area contributed by atoms with Crippen LogP contribution in [0, 0.1) is 6.92 Å². The largest absolute Gasteiger partial charge is 0.325 e. The lowest BCUT2D eigenvalue weighted by Crippen LogP contribution is -2.27. The normalized spacial score (nSPS) is 11.3. The molecule has 0 atom stereocenters. The molecule has 0 saturated carbocycles. The predicted molar refractivity (Wildman–Crippen MR) is 131 cm³/mol. The van der Waals surface area contributed by atoms with Crippen LogP contribution in [-0.4, -0.2) is 15.5 Å². The van der Waals surface area contributed by atoms with Gasteiger partial charge in [-0.3, -0.25) is 14.2 Å². The van der Waals surface area contributed by atoms with Gasteiger partial charge in [-0.15, -0.1) is 11.3 Å². The van der Waals surface area contributed by atoms with Gasteiger partial charge in [0.15, 0.2) is 0 Å². The summed E-state index contributed by atoms with van der Waals surface area (Å²) in [6.45, 7) is 6.14. The highest BCUT2D eigenvalue weighted by Crippen LogP contribution is 2.35.